The number of amides is 2. The van der Waals surface area contributed by atoms with Crippen molar-refractivity contribution in [3.8, 4) is 0 Å². The van der Waals surface area contributed by atoms with E-state index in [9.17, 15) is 9.59 Å². The molecular weight excluding hydrogens is 408 g/mol. The van der Waals surface area contributed by atoms with Crippen molar-refractivity contribution in [1.82, 2.24) is 10.6 Å². The molecule has 33 heavy (non-hydrogen) atoms. The third-order valence-corrected chi connectivity index (χ3v) is 5.80. The van der Waals surface area contributed by atoms with Crippen molar-refractivity contribution in [2.24, 2.45) is 0 Å². The Morgan fingerprint density at radius 2 is 1.45 bits per heavy atom. The topological polar surface area (TPSA) is 58.2 Å². The zero-order valence-corrected chi connectivity index (χ0v) is 19.0. The van der Waals surface area contributed by atoms with E-state index in [1.165, 1.54) is 5.56 Å². The standard InChI is InChI=1S/C29H28N2O2/c1-20-8-12-23(13-9-20)25(16-17-28(32)30-19-22-6-4-3-5-7-22)26-18-27(31-29(26)33)24-14-10-21(2)11-15-24/h3-15,18H,16-17,19H2,1-2H3,(H,30,32)(H,31,33)/b26-25+. The number of rotatable bonds is 7. The van der Waals surface area contributed by atoms with Crippen molar-refractivity contribution < 1.29 is 9.59 Å². The van der Waals surface area contributed by atoms with Gasteiger partial charge in [-0.25, -0.2) is 0 Å². The molecule has 0 radical (unpaired) electrons. The van der Waals surface area contributed by atoms with Crippen LogP contribution in [0.4, 0.5) is 0 Å². The summed E-state index contributed by atoms with van der Waals surface area (Å²) >= 11 is 0. The molecule has 2 N–H and O–H groups in total. The van der Waals surface area contributed by atoms with Gasteiger partial charge < -0.3 is 10.6 Å². The average Bonchev–Trinajstić information content (AvgIpc) is 3.21. The zero-order valence-electron chi connectivity index (χ0n) is 19.0. The van der Waals surface area contributed by atoms with Gasteiger partial charge in [0.25, 0.3) is 5.91 Å². The summed E-state index contributed by atoms with van der Waals surface area (Å²) in [6.45, 7) is 4.56. The third kappa shape index (κ3) is 5.66. The lowest BCUT2D eigenvalue weighted by atomic mass is 9.94. The van der Waals surface area contributed by atoms with Crippen LogP contribution < -0.4 is 10.6 Å². The van der Waals surface area contributed by atoms with Crippen molar-refractivity contribution >= 4 is 23.1 Å². The smallest absolute Gasteiger partial charge is 0.256 e. The molecule has 3 aromatic carbocycles. The Kier molecular flexibility index (Phi) is 6.84. The molecule has 0 saturated heterocycles. The van der Waals surface area contributed by atoms with Gasteiger partial charge >= 0.3 is 0 Å². The fourth-order valence-corrected chi connectivity index (χ4v) is 3.86. The van der Waals surface area contributed by atoms with Crippen LogP contribution in [-0.4, -0.2) is 11.8 Å². The predicted molar refractivity (Wildman–Crippen MR) is 133 cm³/mol. The SMILES string of the molecule is Cc1ccc(C2=C/C(=C(/CCC(=O)NCc3ccccc3)c3ccc(C)cc3)C(=O)N2)cc1. The molecule has 1 aliphatic heterocycles. The predicted octanol–water partition coefficient (Wildman–Crippen LogP) is 5.32. The molecule has 0 aliphatic carbocycles. The molecule has 4 nitrogen and oxygen atoms in total. The Bertz CT molecular complexity index is 1200. The van der Waals surface area contributed by atoms with Crippen LogP contribution in [0.3, 0.4) is 0 Å². The molecule has 0 fully saturated rings. The fourth-order valence-electron chi connectivity index (χ4n) is 3.86. The normalized spacial score (nSPS) is 14.5. The van der Waals surface area contributed by atoms with E-state index < -0.39 is 0 Å². The molecule has 0 atom stereocenters. The van der Waals surface area contributed by atoms with E-state index in [-0.39, 0.29) is 11.8 Å². The summed E-state index contributed by atoms with van der Waals surface area (Å²) in [4.78, 5) is 25.5. The quantitative estimate of drug-likeness (QED) is 0.492. The van der Waals surface area contributed by atoms with Gasteiger partial charge in [0.15, 0.2) is 0 Å². The van der Waals surface area contributed by atoms with Crippen LogP contribution in [0, 0.1) is 13.8 Å². The lowest BCUT2D eigenvalue weighted by molar-refractivity contribution is -0.121. The highest BCUT2D eigenvalue weighted by Gasteiger charge is 2.23. The van der Waals surface area contributed by atoms with Crippen molar-refractivity contribution in [2.75, 3.05) is 0 Å². The molecule has 0 saturated carbocycles. The second kappa shape index (κ2) is 10.1. The fraction of sp³-hybridized carbons (Fsp3) is 0.172. The monoisotopic (exact) mass is 436 g/mol. The zero-order chi connectivity index (χ0) is 23.2. The van der Waals surface area contributed by atoms with Gasteiger partial charge in [-0.2, -0.15) is 0 Å². The Morgan fingerprint density at radius 1 is 0.818 bits per heavy atom. The highest BCUT2D eigenvalue weighted by molar-refractivity contribution is 6.13. The van der Waals surface area contributed by atoms with Crippen molar-refractivity contribution in [3.63, 3.8) is 0 Å². The molecule has 166 valence electrons. The summed E-state index contributed by atoms with van der Waals surface area (Å²) in [5, 5.41) is 5.98. The minimum absolute atomic E-state index is 0.0368. The van der Waals surface area contributed by atoms with E-state index in [4.69, 9.17) is 0 Å². The number of hydrogen-bond donors (Lipinski definition) is 2. The number of hydrogen-bond acceptors (Lipinski definition) is 2. The first-order chi connectivity index (χ1) is 16.0. The number of nitrogens with one attached hydrogen (secondary N) is 2. The van der Waals surface area contributed by atoms with E-state index in [0.29, 0.717) is 25.0 Å². The van der Waals surface area contributed by atoms with Crippen molar-refractivity contribution in [3.05, 3.63) is 118 Å². The maximum absolute atomic E-state index is 12.9. The van der Waals surface area contributed by atoms with Crippen LogP contribution in [0.25, 0.3) is 11.3 Å². The summed E-state index contributed by atoms with van der Waals surface area (Å²) in [5.74, 6) is -0.170. The summed E-state index contributed by atoms with van der Waals surface area (Å²) < 4.78 is 0. The number of benzene rings is 3. The molecule has 0 bridgehead atoms. The molecule has 0 spiro atoms. The Balaban J connectivity index is 1.57. The molecule has 4 rings (SSSR count). The van der Waals surface area contributed by atoms with E-state index in [0.717, 1.165) is 33.5 Å². The molecule has 3 aromatic rings. The van der Waals surface area contributed by atoms with Gasteiger partial charge in [0.05, 0.1) is 0 Å². The number of allylic oxidation sites excluding steroid dienone is 1. The van der Waals surface area contributed by atoms with E-state index >= 15 is 0 Å². The van der Waals surface area contributed by atoms with Gasteiger partial charge in [0.1, 0.15) is 0 Å². The maximum atomic E-state index is 12.9. The number of carbonyl (C=O) groups is 2. The van der Waals surface area contributed by atoms with E-state index in [2.05, 4.69) is 10.6 Å². The first-order valence-electron chi connectivity index (χ1n) is 11.2. The van der Waals surface area contributed by atoms with Crippen LogP contribution >= 0.6 is 0 Å². The highest BCUT2D eigenvalue weighted by Crippen LogP contribution is 2.30. The summed E-state index contributed by atoms with van der Waals surface area (Å²) in [5.41, 5.74) is 7.58. The number of carbonyl (C=O) groups excluding carboxylic acids is 2. The largest absolute Gasteiger partial charge is 0.352 e. The third-order valence-electron chi connectivity index (χ3n) is 5.80. The average molecular weight is 437 g/mol. The second-order valence-corrected chi connectivity index (χ2v) is 8.40. The van der Waals surface area contributed by atoms with Gasteiger partial charge in [0, 0.05) is 24.2 Å². The number of aryl methyl sites for hydroxylation is 2. The minimum atomic E-state index is -0.133. The van der Waals surface area contributed by atoms with Gasteiger partial charge in [-0.05, 0) is 48.6 Å². The van der Waals surface area contributed by atoms with Crippen molar-refractivity contribution in [2.45, 2.75) is 33.2 Å². The lowest BCUT2D eigenvalue weighted by Gasteiger charge is -2.11. The molecule has 0 unspecified atom stereocenters. The molecular formula is C29H28N2O2. The summed E-state index contributed by atoms with van der Waals surface area (Å²) in [6.07, 6.45) is 2.69. The van der Waals surface area contributed by atoms with Gasteiger partial charge in [0.2, 0.25) is 5.91 Å². The minimum Gasteiger partial charge on any atom is -0.352 e. The van der Waals surface area contributed by atoms with Crippen LogP contribution in [0.1, 0.15) is 40.7 Å². The second-order valence-electron chi connectivity index (χ2n) is 8.40. The van der Waals surface area contributed by atoms with Crippen molar-refractivity contribution in [1.29, 1.82) is 0 Å². The van der Waals surface area contributed by atoms with Crippen LogP contribution in [0.15, 0.2) is 90.5 Å². The molecule has 1 heterocycles. The summed E-state index contributed by atoms with van der Waals surface area (Å²) in [7, 11) is 0. The van der Waals surface area contributed by atoms with E-state index in [1.807, 2.05) is 98.8 Å². The first kappa shape index (κ1) is 22.3. The molecule has 0 aromatic heterocycles. The molecule has 2 amide bonds. The summed E-state index contributed by atoms with van der Waals surface area (Å²) in [6, 6.07) is 26.0. The maximum Gasteiger partial charge on any atom is 0.256 e. The molecule has 1 aliphatic rings. The first-order valence-corrected chi connectivity index (χ1v) is 11.2. The van der Waals surface area contributed by atoms with Crippen LogP contribution in [0.2, 0.25) is 0 Å². The van der Waals surface area contributed by atoms with Crippen LogP contribution in [0.5, 0.6) is 0 Å². The lowest BCUT2D eigenvalue weighted by Crippen LogP contribution is -2.22. The van der Waals surface area contributed by atoms with Crippen LogP contribution in [-0.2, 0) is 16.1 Å². The molecule has 4 heteroatoms. The Labute approximate surface area is 195 Å². The van der Waals surface area contributed by atoms with Gasteiger partial charge in [-0.1, -0.05) is 90.0 Å². The Morgan fingerprint density at radius 3 is 2.12 bits per heavy atom. The Hall–Kier alpha value is -3.92. The highest BCUT2D eigenvalue weighted by atomic mass is 16.2. The van der Waals surface area contributed by atoms with Gasteiger partial charge in [-0.15, -0.1) is 0 Å². The van der Waals surface area contributed by atoms with E-state index in [1.54, 1.807) is 0 Å². The van der Waals surface area contributed by atoms with Gasteiger partial charge in [-0.3, -0.25) is 9.59 Å².